The van der Waals surface area contributed by atoms with E-state index in [4.69, 9.17) is 5.73 Å². The molecule has 0 saturated carbocycles. The van der Waals surface area contributed by atoms with Crippen LogP contribution in [0.2, 0.25) is 0 Å². The number of anilines is 2. The summed E-state index contributed by atoms with van der Waals surface area (Å²) in [5.41, 5.74) is 8.50. The number of hydrogen-bond donors (Lipinski definition) is 2. The number of carbonyl (C=O) groups excluding carboxylic acids is 1. The highest BCUT2D eigenvalue weighted by Gasteiger charge is 2.08. The number of amides is 1. The minimum Gasteiger partial charge on any atom is -0.399 e. The molecule has 1 aromatic carbocycles. The van der Waals surface area contributed by atoms with Crippen LogP contribution in [-0.2, 0) is 0 Å². The summed E-state index contributed by atoms with van der Waals surface area (Å²) in [6.45, 7) is 1.86. The molecule has 1 aromatic heterocycles. The van der Waals surface area contributed by atoms with Crippen molar-refractivity contribution in [2.24, 2.45) is 0 Å². The van der Waals surface area contributed by atoms with E-state index in [2.05, 4.69) is 10.3 Å². The molecule has 2 rings (SSSR count). The average Bonchev–Trinajstić information content (AvgIpc) is 2.30. The van der Waals surface area contributed by atoms with E-state index in [0.717, 1.165) is 11.3 Å². The van der Waals surface area contributed by atoms with Crippen LogP contribution in [0.4, 0.5) is 11.4 Å². The standard InChI is InChI=1S/C13H13N3O/c1-9-8-10(14)2-3-12(9)13(17)16-11-4-6-15-7-5-11/h2-8H,14H2,1H3,(H,15,16,17). The van der Waals surface area contributed by atoms with Gasteiger partial charge in [-0.1, -0.05) is 0 Å². The number of rotatable bonds is 2. The van der Waals surface area contributed by atoms with Crippen LogP contribution >= 0.6 is 0 Å². The molecule has 0 unspecified atom stereocenters. The van der Waals surface area contributed by atoms with E-state index in [1.54, 1.807) is 42.7 Å². The van der Waals surface area contributed by atoms with Gasteiger partial charge in [0.2, 0.25) is 0 Å². The Balaban J connectivity index is 2.21. The molecule has 0 spiro atoms. The monoisotopic (exact) mass is 227 g/mol. The Bertz CT molecular complexity index is 538. The van der Waals surface area contributed by atoms with Gasteiger partial charge < -0.3 is 11.1 Å². The predicted molar refractivity (Wildman–Crippen MR) is 67.8 cm³/mol. The molecule has 0 radical (unpaired) electrons. The highest BCUT2D eigenvalue weighted by atomic mass is 16.1. The van der Waals surface area contributed by atoms with E-state index in [1.165, 1.54) is 0 Å². The van der Waals surface area contributed by atoms with Crippen LogP contribution < -0.4 is 11.1 Å². The molecule has 4 heteroatoms. The van der Waals surface area contributed by atoms with Gasteiger partial charge in [0.25, 0.3) is 5.91 Å². The molecule has 0 atom stereocenters. The van der Waals surface area contributed by atoms with Crippen LogP contribution in [0, 0.1) is 6.92 Å². The number of nitrogen functional groups attached to an aromatic ring is 1. The zero-order valence-corrected chi connectivity index (χ0v) is 9.47. The van der Waals surface area contributed by atoms with Crippen molar-refractivity contribution in [2.45, 2.75) is 6.92 Å². The third-order valence-electron chi connectivity index (χ3n) is 2.43. The molecule has 1 heterocycles. The molecule has 0 aliphatic rings. The van der Waals surface area contributed by atoms with Crippen molar-refractivity contribution in [3.05, 3.63) is 53.9 Å². The zero-order valence-electron chi connectivity index (χ0n) is 9.47. The molecule has 0 aliphatic heterocycles. The first-order valence-corrected chi connectivity index (χ1v) is 5.24. The minimum atomic E-state index is -0.145. The summed E-state index contributed by atoms with van der Waals surface area (Å²) in [6, 6.07) is 8.70. The summed E-state index contributed by atoms with van der Waals surface area (Å²) in [5.74, 6) is -0.145. The van der Waals surface area contributed by atoms with E-state index in [-0.39, 0.29) is 5.91 Å². The SMILES string of the molecule is Cc1cc(N)ccc1C(=O)Nc1ccncc1. The summed E-state index contributed by atoms with van der Waals surface area (Å²) in [4.78, 5) is 15.9. The number of benzene rings is 1. The van der Waals surface area contributed by atoms with Crippen molar-refractivity contribution in [3.63, 3.8) is 0 Å². The number of pyridine rings is 1. The number of nitrogens with two attached hydrogens (primary N) is 1. The molecule has 0 bridgehead atoms. The predicted octanol–water partition coefficient (Wildman–Crippen LogP) is 2.22. The molecule has 17 heavy (non-hydrogen) atoms. The average molecular weight is 227 g/mol. The third kappa shape index (κ3) is 2.60. The fraction of sp³-hybridized carbons (Fsp3) is 0.0769. The fourth-order valence-electron chi connectivity index (χ4n) is 1.58. The van der Waals surface area contributed by atoms with Crippen LogP contribution in [0.5, 0.6) is 0 Å². The van der Waals surface area contributed by atoms with E-state index in [0.29, 0.717) is 11.3 Å². The molecule has 1 amide bonds. The van der Waals surface area contributed by atoms with E-state index in [9.17, 15) is 4.79 Å². The van der Waals surface area contributed by atoms with Crippen LogP contribution in [-0.4, -0.2) is 10.9 Å². The maximum atomic E-state index is 12.0. The zero-order chi connectivity index (χ0) is 12.3. The van der Waals surface area contributed by atoms with Crippen LogP contribution in [0.3, 0.4) is 0 Å². The largest absolute Gasteiger partial charge is 0.399 e. The summed E-state index contributed by atoms with van der Waals surface area (Å²) in [6.07, 6.45) is 3.26. The second kappa shape index (κ2) is 4.65. The first-order valence-electron chi connectivity index (χ1n) is 5.24. The second-order valence-electron chi connectivity index (χ2n) is 3.76. The lowest BCUT2D eigenvalue weighted by molar-refractivity contribution is 0.102. The molecular weight excluding hydrogens is 214 g/mol. The number of carbonyl (C=O) groups is 1. The van der Waals surface area contributed by atoms with Gasteiger partial charge in [0.15, 0.2) is 0 Å². The first-order chi connectivity index (χ1) is 8.16. The molecule has 86 valence electrons. The lowest BCUT2D eigenvalue weighted by Gasteiger charge is -2.07. The van der Waals surface area contributed by atoms with Crippen LogP contribution in [0.25, 0.3) is 0 Å². The Hall–Kier alpha value is -2.36. The molecule has 0 aliphatic carbocycles. The molecule has 0 saturated heterocycles. The van der Waals surface area contributed by atoms with Gasteiger partial charge in [0, 0.05) is 29.3 Å². The Morgan fingerprint density at radius 3 is 2.59 bits per heavy atom. The maximum absolute atomic E-state index is 12.0. The number of hydrogen-bond acceptors (Lipinski definition) is 3. The van der Waals surface area contributed by atoms with E-state index < -0.39 is 0 Å². The Kier molecular flexibility index (Phi) is 3.05. The molecule has 4 nitrogen and oxygen atoms in total. The summed E-state index contributed by atoms with van der Waals surface area (Å²) < 4.78 is 0. The van der Waals surface area contributed by atoms with Crippen molar-refractivity contribution in [1.82, 2.24) is 4.98 Å². The maximum Gasteiger partial charge on any atom is 0.255 e. The van der Waals surface area contributed by atoms with Crippen LogP contribution in [0.1, 0.15) is 15.9 Å². The van der Waals surface area contributed by atoms with E-state index in [1.807, 2.05) is 6.92 Å². The summed E-state index contributed by atoms with van der Waals surface area (Å²) >= 11 is 0. The lowest BCUT2D eigenvalue weighted by atomic mass is 10.1. The minimum absolute atomic E-state index is 0.145. The summed E-state index contributed by atoms with van der Waals surface area (Å²) in [5, 5.41) is 2.80. The van der Waals surface area contributed by atoms with Gasteiger partial charge in [0.1, 0.15) is 0 Å². The topological polar surface area (TPSA) is 68.0 Å². The Morgan fingerprint density at radius 2 is 1.94 bits per heavy atom. The smallest absolute Gasteiger partial charge is 0.255 e. The van der Waals surface area contributed by atoms with Crippen molar-refractivity contribution in [3.8, 4) is 0 Å². The molecule has 3 N–H and O–H groups in total. The van der Waals surface area contributed by atoms with Crippen molar-refractivity contribution in [1.29, 1.82) is 0 Å². The highest BCUT2D eigenvalue weighted by molar-refractivity contribution is 6.05. The normalized spacial score (nSPS) is 9.94. The second-order valence-corrected chi connectivity index (χ2v) is 3.76. The number of aryl methyl sites for hydroxylation is 1. The third-order valence-corrected chi connectivity index (χ3v) is 2.43. The molecular formula is C13H13N3O. The number of nitrogens with zero attached hydrogens (tertiary/aromatic N) is 1. The van der Waals surface area contributed by atoms with Crippen molar-refractivity contribution < 1.29 is 4.79 Å². The van der Waals surface area contributed by atoms with Gasteiger partial charge in [-0.25, -0.2) is 0 Å². The number of nitrogens with one attached hydrogen (secondary N) is 1. The molecule has 2 aromatic rings. The van der Waals surface area contributed by atoms with E-state index >= 15 is 0 Å². The van der Waals surface area contributed by atoms with Crippen molar-refractivity contribution >= 4 is 17.3 Å². The quantitative estimate of drug-likeness (QED) is 0.773. The van der Waals surface area contributed by atoms with Gasteiger partial charge in [-0.15, -0.1) is 0 Å². The first kappa shape index (κ1) is 11.1. The Labute approximate surface area is 99.5 Å². The van der Waals surface area contributed by atoms with Gasteiger partial charge in [-0.3, -0.25) is 9.78 Å². The van der Waals surface area contributed by atoms with Gasteiger partial charge in [-0.05, 0) is 42.8 Å². The lowest BCUT2D eigenvalue weighted by Crippen LogP contribution is -2.13. The van der Waals surface area contributed by atoms with Gasteiger partial charge in [-0.2, -0.15) is 0 Å². The van der Waals surface area contributed by atoms with Crippen LogP contribution in [0.15, 0.2) is 42.7 Å². The summed E-state index contributed by atoms with van der Waals surface area (Å²) in [7, 11) is 0. The van der Waals surface area contributed by atoms with Gasteiger partial charge in [0.05, 0.1) is 0 Å². The number of aromatic nitrogens is 1. The molecule has 0 fully saturated rings. The van der Waals surface area contributed by atoms with Crippen molar-refractivity contribution in [2.75, 3.05) is 11.1 Å². The highest BCUT2D eigenvalue weighted by Crippen LogP contribution is 2.14. The Morgan fingerprint density at radius 1 is 1.24 bits per heavy atom. The van der Waals surface area contributed by atoms with Gasteiger partial charge >= 0.3 is 0 Å². The fourth-order valence-corrected chi connectivity index (χ4v) is 1.58.